The predicted octanol–water partition coefficient (Wildman–Crippen LogP) is 1.21. The van der Waals surface area contributed by atoms with Gasteiger partial charge in [0.1, 0.15) is 0 Å². The summed E-state index contributed by atoms with van der Waals surface area (Å²) in [5.74, 6) is 0. The van der Waals surface area contributed by atoms with Crippen molar-refractivity contribution >= 4 is 33.7 Å². The zero-order valence-corrected chi connectivity index (χ0v) is 10.8. The van der Waals surface area contributed by atoms with Gasteiger partial charge in [0, 0.05) is 0 Å². The van der Waals surface area contributed by atoms with Crippen LogP contribution in [0.4, 0.5) is 4.79 Å². The monoisotopic (exact) mass is 288 g/mol. The van der Waals surface area contributed by atoms with E-state index < -0.39 is 6.04 Å². The second-order valence-corrected chi connectivity index (χ2v) is 3.87. The van der Waals surface area contributed by atoms with Crippen LogP contribution < -0.4 is 5.32 Å². The number of nitriles is 1. The van der Waals surface area contributed by atoms with E-state index in [0.29, 0.717) is 16.8 Å². The van der Waals surface area contributed by atoms with E-state index in [1.807, 2.05) is 6.07 Å². The molecule has 84 valence electrons. The molecule has 1 aromatic rings. The minimum absolute atomic E-state index is 0.360. The van der Waals surface area contributed by atoms with Gasteiger partial charge in [-0.1, -0.05) is 0 Å². The van der Waals surface area contributed by atoms with E-state index in [-0.39, 0.29) is 4.69 Å². The summed E-state index contributed by atoms with van der Waals surface area (Å²) >= 11 is 1.79. The average Bonchev–Trinajstić information content (AvgIpc) is 2.34. The van der Waals surface area contributed by atoms with Crippen LogP contribution in [0.25, 0.3) is 12.2 Å². The van der Waals surface area contributed by atoms with E-state index in [1.54, 1.807) is 29.0 Å². The van der Waals surface area contributed by atoms with Crippen LogP contribution in [0.3, 0.4) is 0 Å². The van der Waals surface area contributed by atoms with Gasteiger partial charge in [-0.2, -0.15) is 0 Å². The van der Waals surface area contributed by atoms with Gasteiger partial charge in [0.15, 0.2) is 0 Å². The Morgan fingerprint density at radius 3 is 2.76 bits per heavy atom. The number of hydrogen-bond donors (Lipinski definition) is 1. The fourth-order valence-electron chi connectivity index (χ4n) is 1.31. The zero-order valence-electron chi connectivity index (χ0n) is 8.92. The molecular weight excluding hydrogens is 279 g/mol. The second-order valence-electron chi connectivity index (χ2n) is 3.02. The summed E-state index contributed by atoms with van der Waals surface area (Å²) in [5, 5.41) is 19.1. The molecule has 0 bridgehead atoms. The molecular formula is C11H9AsN4O. The van der Waals surface area contributed by atoms with Crippen LogP contribution in [0.15, 0.2) is 19.4 Å². The van der Waals surface area contributed by atoms with Crippen LogP contribution in [0.2, 0.25) is 0 Å². The maximum absolute atomic E-state index is 11.0. The van der Waals surface area contributed by atoms with Crippen molar-refractivity contribution in [3.8, 4) is 6.07 Å². The van der Waals surface area contributed by atoms with E-state index in [0.717, 1.165) is 0 Å². The molecule has 1 N–H and O–H groups in total. The van der Waals surface area contributed by atoms with Crippen LogP contribution in [0, 0.1) is 11.3 Å². The molecule has 0 aliphatic carbocycles. The van der Waals surface area contributed by atoms with E-state index in [1.165, 1.54) is 6.20 Å². The molecule has 1 aromatic heterocycles. The molecule has 1 amide bonds. The Kier molecular flexibility index (Phi) is 4.62. The van der Waals surface area contributed by atoms with Crippen molar-refractivity contribution in [3.05, 3.63) is 36.2 Å². The molecule has 0 aliphatic heterocycles. The number of rotatable bonds is 4. The summed E-state index contributed by atoms with van der Waals surface area (Å²) in [7, 11) is 0. The topological polar surface area (TPSA) is 78.7 Å². The van der Waals surface area contributed by atoms with Crippen molar-refractivity contribution in [2.75, 3.05) is 0 Å². The van der Waals surface area contributed by atoms with Crippen LogP contribution in [-0.4, -0.2) is 31.7 Å². The van der Waals surface area contributed by atoms with Gasteiger partial charge in [0.2, 0.25) is 0 Å². The van der Waals surface area contributed by atoms with E-state index in [2.05, 4.69) is 28.7 Å². The third-order valence-corrected chi connectivity index (χ3v) is 2.31. The van der Waals surface area contributed by atoms with Crippen LogP contribution in [0.5, 0.6) is 0 Å². The van der Waals surface area contributed by atoms with Gasteiger partial charge in [-0.25, -0.2) is 0 Å². The Labute approximate surface area is 108 Å². The minimum atomic E-state index is -0.856. The van der Waals surface area contributed by atoms with Crippen molar-refractivity contribution in [1.82, 2.24) is 15.5 Å². The molecule has 0 spiro atoms. The fraction of sp³-hybridized carbons (Fsp3) is 0.0909. The zero-order chi connectivity index (χ0) is 12.8. The molecule has 1 atom stereocenters. The predicted molar refractivity (Wildman–Crippen MR) is 64.9 cm³/mol. The van der Waals surface area contributed by atoms with Crippen LogP contribution in [0.1, 0.15) is 22.9 Å². The molecule has 1 heterocycles. The quantitative estimate of drug-likeness (QED) is 0.844. The molecule has 6 heteroatoms. The average molecular weight is 288 g/mol. The first-order valence-electron chi connectivity index (χ1n) is 4.63. The first-order chi connectivity index (χ1) is 8.13. The molecule has 17 heavy (non-hydrogen) atoms. The number of nitrogens with zero attached hydrogens (tertiary/aromatic N) is 3. The molecule has 0 fully saturated rings. The first-order valence-corrected chi connectivity index (χ1v) is 5.57. The fourth-order valence-corrected chi connectivity index (χ4v) is 1.58. The van der Waals surface area contributed by atoms with Crippen molar-refractivity contribution in [2.45, 2.75) is 6.04 Å². The summed E-state index contributed by atoms with van der Waals surface area (Å²) in [4.78, 5) is 11.0. The van der Waals surface area contributed by atoms with Crippen molar-refractivity contribution < 1.29 is 4.79 Å². The normalized spacial score (nSPS) is 11.1. The Morgan fingerprint density at radius 2 is 2.29 bits per heavy atom. The molecule has 1 rings (SSSR count). The van der Waals surface area contributed by atoms with Gasteiger partial charge in [-0.05, 0) is 0 Å². The maximum atomic E-state index is 11.0. The van der Waals surface area contributed by atoms with Gasteiger partial charge < -0.3 is 0 Å². The summed E-state index contributed by atoms with van der Waals surface area (Å²) < 4.78 is -0.370. The van der Waals surface area contributed by atoms with Gasteiger partial charge in [-0.3, -0.25) is 0 Å². The SMILES string of the molecule is C=Cc1cnnc(C(C#N)NC(=O)[As])c1C=C. The Bertz CT molecular complexity index is 507. The molecule has 0 aliphatic rings. The summed E-state index contributed by atoms with van der Waals surface area (Å²) in [6.45, 7) is 7.29. The molecule has 5 nitrogen and oxygen atoms in total. The number of amides is 1. The number of carbonyl (C=O) groups is 1. The first kappa shape index (κ1) is 13.1. The van der Waals surface area contributed by atoms with Crippen molar-refractivity contribution in [3.63, 3.8) is 0 Å². The second kappa shape index (κ2) is 5.97. The van der Waals surface area contributed by atoms with E-state index in [9.17, 15) is 4.79 Å². The third-order valence-electron chi connectivity index (χ3n) is 2.04. The van der Waals surface area contributed by atoms with Crippen molar-refractivity contribution in [1.29, 1.82) is 5.26 Å². The molecule has 0 saturated heterocycles. The molecule has 0 saturated carbocycles. The number of nitrogens with one attached hydrogen (secondary N) is 1. The summed E-state index contributed by atoms with van der Waals surface area (Å²) in [6.07, 6.45) is 4.67. The van der Waals surface area contributed by atoms with E-state index in [4.69, 9.17) is 5.26 Å². The van der Waals surface area contributed by atoms with Crippen LogP contribution >= 0.6 is 0 Å². The van der Waals surface area contributed by atoms with E-state index >= 15 is 0 Å². The van der Waals surface area contributed by atoms with Gasteiger partial charge in [0.05, 0.1) is 0 Å². The molecule has 0 aromatic carbocycles. The number of carbonyl (C=O) groups excluding carboxylic acids is 1. The Hall–Kier alpha value is -1.92. The number of aromatic nitrogens is 2. The third kappa shape index (κ3) is 3.02. The molecule has 1 unspecified atom stereocenters. The van der Waals surface area contributed by atoms with Gasteiger partial charge in [0.25, 0.3) is 0 Å². The summed E-state index contributed by atoms with van der Waals surface area (Å²) in [5.41, 5.74) is 1.71. The number of hydrogen-bond acceptors (Lipinski definition) is 4. The van der Waals surface area contributed by atoms with Gasteiger partial charge >= 0.3 is 108 Å². The standard InChI is InChI=1S/C11H9AsN4O/c1-3-7-6-14-16-10(8(7)4-2)9(5-13)15-11(12)17/h3-4,6,9H,1-2H2,(H,15,17). The Morgan fingerprint density at radius 1 is 1.59 bits per heavy atom. The summed E-state index contributed by atoms with van der Waals surface area (Å²) in [6, 6.07) is 1.09. The van der Waals surface area contributed by atoms with Crippen molar-refractivity contribution in [2.24, 2.45) is 0 Å². The van der Waals surface area contributed by atoms with Gasteiger partial charge in [-0.15, -0.1) is 0 Å². The molecule has 2 radical (unpaired) electrons. The Balaban J connectivity index is 3.29. The van der Waals surface area contributed by atoms with Crippen LogP contribution in [-0.2, 0) is 0 Å².